The van der Waals surface area contributed by atoms with Crippen LogP contribution in [0, 0.1) is 0 Å². The number of nitrogens with zero attached hydrogens (tertiary/aromatic N) is 2. The van der Waals surface area contributed by atoms with Crippen molar-refractivity contribution in [3.63, 3.8) is 0 Å². The number of thiazole rings is 1. The molecule has 108 valence electrons. The van der Waals surface area contributed by atoms with Crippen LogP contribution in [-0.4, -0.2) is 42.7 Å². The predicted molar refractivity (Wildman–Crippen MR) is 81.1 cm³/mol. The monoisotopic (exact) mass is 302 g/mol. The number of hydrogen-bond donors (Lipinski definition) is 0. The maximum Gasteiger partial charge on any atom is 0.0928 e. The molecule has 0 aromatic carbocycles. The quantitative estimate of drug-likeness (QED) is 0.544. The van der Waals surface area contributed by atoms with Crippen LogP contribution in [0.25, 0.3) is 0 Å². The fourth-order valence-electron chi connectivity index (χ4n) is 2.41. The van der Waals surface area contributed by atoms with Gasteiger partial charge in [0.05, 0.1) is 22.7 Å². The molecule has 1 aliphatic rings. The van der Waals surface area contributed by atoms with E-state index in [4.69, 9.17) is 16.3 Å². The Balaban J connectivity index is 1.55. The van der Waals surface area contributed by atoms with Gasteiger partial charge in [0, 0.05) is 18.5 Å². The minimum absolute atomic E-state index is 0.468. The van der Waals surface area contributed by atoms with Crippen LogP contribution in [0.15, 0.2) is 5.38 Å². The van der Waals surface area contributed by atoms with Gasteiger partial charge in [0.1, 0.15) is 0 Å². The number of likely N-dealkylation sites (N-methyl/N-ethyl adjacent to an activating group) is 1. The molecule has 0 aliphatic carbocycles. The maximum absolute atomic E-state index is 5.75. The molecule has 1 atom stereocenters. The molecule has 1 fully saturated rings. The van der Waals surface area contributed by atoms with Crippen LogP contribution >= 0.6 is 22.9 Å². The lowest BCUT2D eigenvalue weighted by Gasteiger charge is -2.20. The Morgan fingerprint density at radius 1 is 1.53 bits per heavy atom. The zero-order chi connectivity index (χ0) is 13.5. The number of alkyl halides is 1. The van der Waals surface area contributed by atoms with E-state index in [0.29, 0.717) is 12.0 Å². The van der Waals surface area contributed by atoms with Crippen molar-refractivity contribution in [3.8, 4) is 0 Å². The molecule has 2 heterocycles. The fourth-order valence-corrected chi connectivity index (χ4v) is 3.48. The van der Waals surface area contributed by atoms with Gasteiger partial charge < -0.3 is 9.64 Å². The number of aryl methyl sites for hydroxylation is 1. The predicted octanol–water partition coefficient (Wildman–Crippen LogP) is 3.32. The molecule has 1 aliphatic heterocycles. The third-order valence-electron chi connectivity index (χ3n) is 3.46. The molecule has 1 unspecified atom stereocenters. The summed E-state index contributed by atoms with van der Waals surface area (Å²) in [4.78, 5) is 6.87. The lowest BCUT2D eigenvalue weighted by molar-refractivity contribution is 0.0808. The first-order chi connectivity index (χ1) is 9.28. The first kappa shape index (κ1) is 15.2. The van der Waals surface area contributed by atoms with E-state index in [9.17, 15) is 0 Å². The molecule has 0 N–H and O–H groups in total. The van der Waals surface area contributed by atoms with Gasteiger partial charge >= 0.3 is 0 Å². The molecule has 1 aromatic heterocycles. The van der Waals surface area contributed by atoms with E-state index in [2.05, 4.69) is 22.3 Å². The average Bonchev–Trinajstić information content (AvgIpc) is 3.05. The molecule has 2 rings (SSSR count). The molecule has 19 heavy (non-hydrogen) atoms. The van der Waals surface area contributed by atoms with E-state index in [1.165, 1.54) is 30.7 Å². The SMILES string of the molecule is CN(CCCCc1nc(CCl)cs1)CC1CCCO1. The van der Waals surface area contributed by atoms with Gasteiger partial charge in [0.15, 0.2) is 0 Å². The first-order valence-corrected chi connectivity index (χ1v) is 8.48. The van der Waals surface area contributed by atoms with Crippen LogP contribution in [-0.2, 0) is 17.0 Å². The highest BCUT2D eigenvalue weighted by Gasteiger charge is 2.16. The van der Waals surface area contributed by atoms with Gasteiger partial charge in [-0.15, -0.1) is 22.9 Å². The van der Waals surface area contributed by atoms with Gasteiger partial charge in [-0.05, 0) is 45.7 Å². The minimum Gasteiger partial charge on any atom is -0.377 e. The highest BCUT2D eigenvalue weighted by Crippen LogP contribution is 2.15. The summed E-state index contributed by atoms with van der Waals surface area (Å²) in [6.07, 6.45) is 6.42. The van der Waals surface area contributed by atoms with Crippen molar-refractivity contribution in [3.05, 3.63) is 16.1 Å². The molecule has 1 saturated heterocycles. The molecule has 3 nitrogen and oxygen atoms in total. The standard InChI is InChI=1S/C14H23ClN2OS/c1-17(10-13-5-4-8-18-13)7-3-2-6-14-16-12(9-15)11-19-14/h11,13H,2-10H2,1H3. The molecular weight excluding hydrogens is 280 g/mol. The van der Waals surface area contributed by atoms with Crippen molar-refractivity contribution in [1.82, 2.24) is 9.88 Å². The molecule has 0 radical (unpaired) electrons. The Morgan fingerprint density at radius 2 is 2.42 bits per heavy atom. The van der Waals surface area contributed by atoms with Crippen molar-refractivity contribution in [2.75, 3.05) is 26.7 Å². The second-order valence-corrected chi connectivity index (χ2v) is 6.43. The average molecular weight is 303 g/mol. The molecule has 1 aromatic rings. The second kappa shape index (κ2) is 8.20. The first-order valence-electron chi connectivity index (χ1n) is 7.07. The van der Waals surface area contributed by atoms with Crippen LogP contribution in [0.1, 0.15) is 36.4 Å². The molecular formula is C14H23ClN2OS. The van der Waals surface area contributed by atoms with Gasteiger partial charge in [-0.25, -0.2) is 4.98 Å². The van der Waals surface area contributed by atoms with Crippen molar-refractivity contribution in [2.45, 2.75) is 44.1 Å². The Labute approximate surface area is 124 Å². The summed E-state index contributed by atoms with van der Waals surface area (Å²) in [7, 11) is 2.19. The second-order valence-electron chi connectivity index (χ2n) is 5.22. The minimum atomic E-state index is 0.468. The molecule has 0 saturated carbocycles. The number of ether oxygens (including phenoxy) is 1. The van der Waals surface area contributed by atoms with E-state index in [1.54, 1.807) is 11.3 Å². The van der Waals surface area contributed by atoms with Crippen LogP contribution in [0.4, 0.5) is 0 Å². The van der Waals surface area contributed by atoms with Crippen LogP contribution in [0.3, 0.4) is 0 Å². The van der Waals surface area contributed by atoms with Crippen LogP contribution < -0.4 is 0 Å². The van der Waals surface area contributed by atoms with Gasteiger partial charge in [0.2, 0.25) is 0 Å². The zero-order valence-corrected chi connectivity index (χ0v) is 13.2. The van der Waals surface area contributed by atoms with Crippen molar-refractivity contribution in [2.24, 2.45) is 0 Å². The summed E-state index contributed by atoms with van der Waals surface area (Å²) in [5, 5.41) is 3.28. The summed E-state index contributed by atoms with van der Waals surface area (Å²) in [5.74, 6) is 0.528. The van der Waals surface area contributed by atoms with E-state index in [1.807, 2.05) is 0 Å². The Kier molecular flexibility index (Phi) is 6.57. The summed E-state index contributed by atoms with van der Waals surface area (Å²) in [6.45, 7) is 3.17. The van der Waals surface area contributed by atoms with Gasteiger partial charge in [-0.3, -0.25) is 0 Å². The van der Waals surface area contributed by atoms with Crippen LogP contribution in [0.5, 0.6) is 0 Å². The van der Waals surface area contributed by atoms with Crippen LogP contribution in [0.2, 0.25) is 0 Å². The van der Waals surface area contributed by atoms with E-state index < -0.39 is 0 Å². The molecule has 0 amide bonds. The largest absolute Gasteiger partial charge is 0.377 e. The van der Waals surface area contributed by atoms with Crippen molar-refractivity contribution < 1.29 is 4.74 Å². The number of hydrogen-bond acceptors (Lipinski definition) is 4. The van der Waals surface area contributed by atoms with E-state index >= 15 is 0 Å². The summed E-state index contributed by atoms with van der Waals surface area (Å²) in [6, 6.07) is 0. The summed E-state index contributed by atoms with van der Waals surface area (Å²) < 4.78 is 5.65. The Bertz CT molecular complexity index is 366. The number of unbranched alkanes of at least 4 members (excludes halogenated alkanes) is 1. The smallest absolute Gasteiger partial charge is 0.0928 e. The maximum atomic E-state index is 5.75. The Hall–Kier alpha value is -0.160. The highest BCUT2D eigenvalue weighted by molar-refractivity contribution is 7.09. The topological polar surface area (TPSA) is 25.4 Å². The lowest BCUT2D eigenvalue weighted by Crippen LogP contribution is -2.29. The molecule has 0 spiro atoms. The number of halogens is 1. The van der Waals surface area contributed by atoms with Crippen molar-refractivity contribution >= 4 is 22.9 Å². The third kappa shape index (κ3) is 5.38. The lowest BCUT2D eigenvalue weighted by atomic mass is 10.2. The van der Waals surface area contributed by atoms with Gasteiger partial charge in [0.25, 0.3) is 0 Å². The Morgan fingerprint density at radius 3 is 3.11 bits per heavy atom. The number of rotatable bonds is 8. The molecule has 0 bridgehead atoms. The normalized spacial score (nSPS) is 19.4. The zero-order valence-electron chi connectivity index (χ0n) is 11.6. The van der Waals surface area contributed by atoms with Gasteiger partial charge in [-0.2, -0.15) is 0 Å². The fraction of sp³-hybridized carbons (Fsp3) is 0.786. The van der Waals surface area contributed by atoms with Crippen molar-refractivity contribution in [1.29, 1.82) is 0 Å². The third-order valence-corrected chi connectivity index (χ3v) is 4.69. The summed E-state index contributed by atoms with van der Waals surface area (Å²) in [5.41, 5.74) is 1.01. The highest BCUT2D eigenvalue weighted by atomic mass is 35.5. The van der Waals surface area contributed by atoms with Gasteiger partial charge in [-0.1, -0.05) is 0 Å². The van der Waals surface area contributed by atoms with E-state index in [-0.39, 0.29) is 0 Å². The number of aromatic nitrogens is 1. The molecule has 5 heteroatoms. The summed E-state index contributed by atoms with van der Waals surface area (Å²) >= 11 is 7.48. The van der Waals surface area contributed by atoms with E-state index in [0.717, 1.165) is 31.8 Å².